The Hall–Kier alpha value is -1.67. The summed E-state index contributed by atoms with van der Waals surface area (Å²) in [7, 11) is 4.02. The summed E-state index contributed by atoms with van der Waals surface area (Å²) in [5, 5.41) is 8.76. The van der Waals surface area contributed by atoms with Crippen LogP contribution in [-0.2, 0) is 0 Å². The first-order valence-electron chi connectivity index (χ1n) is 11.6. The van der Waals surface area contributed by atoms with Gasteiger partial charge in [-0.3, -0.25) is 15.8 Å². The first-order valence-corrected chi connectivity index (χ1v) is 11.6. The van der Waals surface area contributed by atoms with Crippen molar-refractivity contribution in [1.82, 2.24) is 30.7 Å². The monoisotopic (exact) mass is 431 g/mol. The summed E-state index contributed by atoms with van der Waals surface area (Å²) in [4.78, 5) is 13.6. The molecule has 1 aromatic heterocycles. The minimum atomic E-state index is -0.0558. The van der Waals surface area contributed by atoms with E-state index in [0.29, 0.717) is 11.9 Å². The van der Waals surface area contributed by atoms with Gasteiger partial charge >= 0.3 is 0 Å². The molecule has 1 N–H and O–H groups in total. The van der Waals surface area contributed by atoms with E-state index in [-0.39, 0.29) is 27.9 Å². The first-order chi connectivity index (χ1) is 14.1. The second-order valence-corrected chi connectivity index (χ2v) is 11.6. The zero-order valence-corrected chi connectivity index (χ0v) is 21.4. The molecule has 0 unspecified atom stereocenters. The van der Waals surface area contributed by atoms with Crippen molar-refractivity contribution in [3.05, 3.63) is 0 Å². The van der Waals surface area contributed by atoms with E-state index in [1.165, 1.54) is 12.8 Å². The molecule has 0 saturated carbocycles. The van der Waals surface area contributed by atoms with Crippen LogP contribution in [0.5, 0.6) is 0 Å². The molecule has 1 radical (unpaired) electrons. The van der Waals surface area contributed by atoms with Crippen LogP contribution in [0.15, 0.2) is 0 Å². The lowest BCUT2D eigenvalue weighted by Crippen LogP contribution is -2.63. The van der Waals surface area contributed by atoms with Gasteiger partial charge in [0.15, 0.2) is 0 Å². The van der Waals surface area contributed by atoms with Crippen LogP contribution in [0.1, 0.15) is 81.1 Å². The molecule has 0 aliphatic carbocycles. The number of rotatable bonds is 4. The maximum absolute atomic E-state index is 8.29. The van der Waals surface area contributed by atoms with Gasteiger partial charge in [-0.2, -0.15) is 15.0 Å². The third-order valence-corrected chi connectivity index (χ3v) is 8.86. The topological polar surface area (TPSA) is 75.4 Å². The lowest BCUT2D eigenvalue weighted by molar-refractivity contribution is -0.0372. The predicted molar refractivity (Wildman–Crippen MR) is 127 cm³/mol. The van der Waals surface area contributed by atoms with Gasteiger partial charge in [0.25, 0.3) is 0 Å². The highest BCUT2D eigenvalue weighted by atomic mass is 15.7. The predicted octanol–water partition coefficient (Wildman–Crippen LogP) is 4.29. The molecule has 0 bridgehead atoms. The van der Waals surface area contributed by atoms with Gasteiger partial charge in [0, 0.05) is 38.3 Å². The molecule has 0 spiro atoms. The molecular weight excluding hydrogens is 388 g/mol. The Morgan fingerprint density at radius 1 is 0.677 bits per heavy atom. The van der Waals surface area contributed by atoms with Crippen LogP contribution < -0.4 is 15.8 Å². The van der Waals surface area contributed by atoms with Crippen molar-refractivity contribution in [3.63, 3.8) is 0 Å². The lowest BCUT2D eigenvalue weighted by Gasteiger charge is -2.56. The van der Waals surface area contributed by atoms with Gasteiger partial charge in [0.2, 0.25) is 17.8 Å². The van der Waals surface area contributed by atoms with Crippen molar-refractivity contribution < 1.29 is 0 Å². The quantitative estimate of drug-likeness (QED) is 0.704. The molecule has 175 valence electrons. The van der Waals surface area contributed by atoms with E-state index in [2.05, 4.69) is 75.4 Å². The van der Waals surface area contributed by atoms with Crippen LogP contribution in [0.4, 0.5) is 17.8 Å². The third-order valence-electron chi connectivity index (χ3n) is 8.86. The summed E-state index contributed by atoms with van der Waals surface area (Å²) >= 11 is 0. The molecule has 8 heteroatoms. The molecule has 2 aliphatic rings. The summed E-state index contributed by atoms with van der Waals surface area (Å²) in [6.07, 6.45) is 4.64. The Morgan fingerprint density at radius 3 is 1.39 bits per heavy atom. The highest BCUT2D eigenvalue weighted by Crippen LogP contribution is 2.45. The summed E-state index contributed by atoms with van der Waals surface area (Å²) in [6, 6.07) is 0. The zero-order chi connectivity index (χ0) is 23.4. The number of hydrazine groups is 2. The largest absolute Gasteiger partial charge is 0.276 e. The average Bonchev–Trinajstić information content (AvgIpc) is 2.64. The van der Waals surface area contributed by atoms with Crippen molar-refractivity contribution >= 4 is 17.8 Å². The highest BCUT2D eigenvalue weighted by Gasteiger charge is 2.48. The molecule has 2 aliphatic heterocycles. The second kappa shape index (κ2) is 7.73. The zero-order valence-electron chi connectivity index (χ0n) is 21.4. The average molecular weight is 432 g/mol. The van der Waals surface area contributed by atoms with E-state index >= 15 is 0 Å². The lowest BCUT2D eigenvalue weighted by atomic mass is 9.68. The van der Waals surface area contributed by atoms with E-state index in [1.54, 1.807) is 0 Å². The van der Waals surface area contributed by atoms with Crippen LogP contribution in [0.2, 0.25) is 0 Å². The van der Waals surface area contributed by atoms with Crippen LogP contribution in [0, 0.1) is 10.8 Å². The Kier molecular flexibility index (Phi) is 5.98. The van der Waals surface area contributed by atoms with E-state index < -0.39 is 0 Å². The second-order valence-electron chi connectivity index (χ2n) is 11.6. The smallest absolute Gasteiger partial charge is 0.248 e. The standard InChI is InChI=1S/C23H43N8/c1-20(2)13-11-15-30(22(20,5)6)28(9)18-25-17(24)26-19(27-18)29(10)31-16-12-14-21(3,4)23(31,7)8/h24H,11-16H2,1-10H3. The Bertz CT molecular complexity index is 739. The molecule has 8 nitrogen and oxygen atoms in total. The minimum absolute atomic E-state index is 0.00171. The molecular formula is C23H43N8. The van der Waals surface area contributed by atoms with Crippen LogP contribution in [0.3, 0.4) is 0 Å². The van der Waals surface area contributed by atoms with Crippen molar-refractivity contribution in [2.24, 2.45) is 10.8 Å². The molecule has 0 atom stereocenters. The maximum atomic E-state index is 8.29. The number of nitrogens with zero attached hydrogens (tertiary/aromatic N) is 7. The number of hydrogen-bond acceptors (Lipinski definition) is 7. The molecule has 3 heterocycles. The van der Waals surface area contributed by atoms with Gasteiger partial charge in [-0.25, -0.2) is 10.0 Å². The molecule has 2 fully saturated rings. The summed E-state index contributed by atoms with van der Waals surface area (Å²) in [5.74, 6) is 1.06. The van der Waals surface area contributed by atoms with Gasteiger partial charge in [-0.1, -0.05) is 27.7 Å². The van der Waals surface area contributed by atoms with Crippen molar-refractivity contribution in [1.29, 1.82) is 0 Å². The number of anilines is 2. The van der Waals surface area contributed by atoms with E-state index in [9.17, 15) is 0 Å². The van der Waals surface area contributed by atoms with Crippen molar-refractivity contribution in [2.45, 2.75) is 92.2 Å². The van der Waals surface area contributed by atoms with Gasteiger partial charge in [0.1, 0.15) is 0 Å². The molecule has 2 saturated heterocycles. The summed E-state index contributed by atoms with van der Waals surface area (Å²) in [5.41, 5.74) is 8.51. The third kappa shape index (κ3) is 3.97. The van der Waals surface area contributed by atoms with E-state index in [0.717, 1.165) is 25.9 Å². The number of aromatic nitrogens is 3. The number of nitrogens with one attached hydrogen (secondary N) is 1. The fraction of sp³-hybridized carbons (Fsp3) is 0.870. The van der Waals surface area contributed by atoms with Gasteiger partial charge < -0.3 is 0 Å². The summed E-state index contributed by atoms with van der Waals surface area (Å²) in [6.45, 7) is 20.4. The fourth-order valence-electron chi connectivity index (χ4n) is 5.12. The fourth-order valence-corrected chi connectivity index (χ4v) is 5.12. The van der Waals surface area contributed by atoms with Crippen LogP contribution >= 0.6 is 0 Å². The molecule has 0 aromatic carbocycles. The Morgan fingerprint density at radius 2 is 1.03 bits per heavy atom. The van der Waals surface area contributed by atoms with Crippen LogP contribution in [0.25, 0.3) is 0 Å². The highest BCUT2D eigenvalue weighted by molar-refractivity contribution is 5.41. The Labute approximate surface area is 189 Å². The number of hydrogen-bond donors (Lipinski definition) is 0. The molecule has 3 rings (SSSR count). The number of piperidine rings is 2. The van der Waals surface area contributed by atoms with E-state index in [4.69, 9.17) is 10.7 Å². The Balaban J connectivity index is 1.93. The molecule has 0 amide bonds. The SMILES string of the molecule is CN(c1nc([NH])nc(N(C)N2CCCC(C)(C)C2(C)C)n1)N1CCCC(C)(C)C1(C)C. The normalized spacial score (nSPS) is 25.2. The molecule has 1 aromatic rings. The van der Waals surface area contributed by atoms with Gasteiger partial charge in [0.05, 0.1) is 0 Å². The van der Waals surface area contributed by atoms with E-state index in [1.807, 2.05) is 24.1 Å². The minimum Gasteiger partial charge on any atom is -0.276 e. The van der Waals surface area contributed by atoms with Crippen molar-refractivity contribution in [3.8, 4) is 0 Å². The maximum Gasteiger partial charge on any atom is 0.248 e. The van der Waals surface area contributed by atoms with Crippen molar-refractivity contribution in [2.75, 3.05) is 37.2 Å². The van der Waals surface area contributed by atoms with Gasteiger partial charge in [-0.05, 0) is 64.2 Å². The first kappa shape index (κ1) is 24.0. The van der Waals surface area contributed by atoms with Gasteiger partial charge in [-0.15, -0.1) is 0 Å². The van der Waals surface area contributed by atoms with Crippen LogP contribution in [-0.4, -0.2) is 63.2 Å². The molecule has 31 heavy (non-hydrogen) atoms. The summed E-state index contributed by atoms with van der Waals surface area (Å²) < 4.78 is 0.